The molecule has 0 bridgehead atoms. The lowest BCUT2D eigenvalue weighted by Crippen LogP contribution is -2.22. The van der Waals surface area contributed by atoms with E-state index in [-0.39, 0.29) is 29.3 Å². The Balaban J connectivity index is 1.88. The summed E-state index contributed by atoms with van der Waals surface area (Å²) in [6.07, 6.45) is 0.824. The van der Waals surface area contributed by atoms with E-state index in [1.54, 1.807) is 6.92 Å². The Morgan fingerprint density at radius 1 is 1.45 bits per heavy atom. The van der Waals surface area contributed by atoms with Crippen molar-refractivity contribution < 1.29 is 14.3 Å². The van der Waals surface area contributed by atoms with Crippen molar-refractivity contribution in [2.45, 2.75) is 20.3 Å². The number of hydrogen-bond acceptors (Lipinski definition) is 4. The molecule has 108 valence electrons. The first-order valence-corrected chi connectivity index (χ1v) is 6.93. The van der Waals surface area contributed by atoms with Crippen LogP contribution < -0.4 is 5.32 Å². The number of nitrogens with one attached hydrogen (secondary N) is 1. The molecule has 2 rings (SSSR count). The van der Waals surface area contributed by atoms with Crippen LogP contribution in [0, 0.1) is 18.8 Å². The van der Waals surface area contributed by atoms with Gasteiger partial charge in [0.05, 0.1) is 21.7 Å². The van der Waals surface area contributed by atoms with Crippen molar-refractivity contribution in [3.05, 3.63) is 21.8 Å². The second-order valence-electron chi connectivity index (χ2n) is 4.86. The highest BCUT2D eigenvalue weighted by atomic mass is 35.5. The van der Waals surface area contributed by atoms with Crippen LogP contribution in [0.4, 0.5) is 5.82 Å². The maximum absolute atomic E-state index is 11.7. The number of aromatic nitrogens is 1. The Morgan fingerprint density at radius 3 is 2.70 bits per heavy atom. The van der Waals surface area contributed by atoms with Crippen LogP contribution in [0.1, 0.15) is 19.0 Å². The largest absolute Gasteiger partial charge is 0.455 e. The summed E-state index contributed by atoms with van der Waals surface area (Å²) < 4.78 is 4.92. The number of rotatable bonds is 4. The molecule has 5 nitrogen and oxygen atoms in total. The minimum atomic E-state index is -0.484. The Hall–Kier alpha value is -1.33. The lowest BCUT2D eigenvalue weighted by atomic mass is 10.3. The van der Waals surface area contributed by atoms with Crippen molar-refractivity contribution in [1.82, 2.24) is 4.98 Å². The molecule has 7 heteroatoms. The average molecular weight is 317 g/mol. The highest BCUT2D eigenvalue weighted by Crippen LogP contribution is 2.38. The van der Waals surface area contributed by atoms with Crippen LogP contribution in [0.2, 0.25) is 10.0 Å². The SMILES string of the molecule is Cc1nc(NC(=O)COC(=O)[C@H]2C[C@@H]2C)c(Cl)cc1Cl. The van der Waals surface area contributed by atoms with Gasteiger partial charge in [-0.05, 0) is 25.3 Å². The lowest BCUT2D eigenvalue weighted by molar-refractivity contribution is -0.148. The molecule has 0 radical (unpaired) electrons. The van der Waals surface area contributed by atoms with Gasteiger partial charge in [0, 0.05) is 0 Å². The van der Waals surface area contributed by atoms with Crippen molar-refractivity contribution in [2.24, 2.45) is 11.8 Å². The van der Waals surface area contributed by atoms with E-state index in [9.17, 15) is 9.59 Å². The van der Waals surface area contributed by atoms with Gasteiger partial charge in [-0.25, -0.2) is 4.98 Å². The Kier molecular flexibility index (Phi) is 4.50. The Labute approximate surface area is 126 Å². The number of carbonyl (C=O) groups excluding carboxylic acids is 2. The number of halogens is 2. The topological polar surface area (TPSA) is 68.3 Å². The average Bonchev–Trinajstić information content (AvgIpc) is 3.10. The van der Waals surface area contributed by atoms with Gasteiger partial charge in [-0.15, -0.1) is 0 Å². The number of pyridine rings is 1. The molecule has 1 heterocycles. The first-order valence-electron chi connectivity index (χ1n) is 6.17. The van der Waals surface area contributed by atoms with Gasteiger partial charge in [0.2, 0.25) is 0 Å². The molecule has 1 amide bonds. The third kappa shape index (κ3) is 3.61. The molecule has 0 aliphatic heterocycles. The number of carbonyl (C=O) groups is 2. The zero-order valence-electron chi connectivity index (χ0n) is 11.1. The summed E-state index contributed by atoms with van der Waals surface area (Å²) in [6.45, 7) is 3.32. The Bertz CT molecular complexity index is 563. The highest BCUT2D eigenvalue weighted by Gasteiger charge is 2.40. The molecule has 20 heavy (non-hydrogen) atoms. The van der Waals surface area contributed by atoms with E-state index < -0.39 is 5.91 Å². The second kappa shape index (κ2) is 5.97. The summed E-state index contributed by atoms with van der Waals surface area (Å²) in [4.78, 5) is 27.2. The number of hydrogen-bond donors (Lipinski definition) is 1. The maximum atomic E-state index is 11.7. The molecule has 1 aliphatic carbocycles. The van der Waals surface area contributed by atoms with Crippen molar-refractivity contribution >= 4 is 40.9 Å². The van der Waals surface area contributed by atoms with Gasteiger partial charge in [0.25, 0.3) is 5.91 Å². The van der Waals surface area contributed by atoms with Crippen molar-refractivity contribution in [2.75, 3.05) is 11.9 Å². The van der Waals surface area contributed by atoms with Crippen LogP contribution in [0.25, 0.3) is 0 Å². The third-order valence-corrected chi connectivity index (χ3v) is 3.79. The minimum Gasteiger partial charge on any atom is -0.455 e. The second-order valence-corrected chi connectivity index (χ2v) is 5.68. The minimum absolute atomic E-state index is 0.0673. The van der Waals surface area contributed by atoms with E-state index in [2.05, 4.69) is 10.3 Å². The van der Waals surface area contributed by atoms with Gasteiger partial charge in [-0.2, -0.15) is 0 Å². The molecule has 1 aliphatic rings. The first-order chi connectivity index (χ1) is 9.38. The predicted octanol–water partition coefficient (Wildman–Crippen LogP) is 2.83. The summed E-state index contributed by atoms with van der Waals surface area (Å²) in [6, 6.07) is 1.50. The molecular weight excluding hydrogens is 303 g/mol. The van der Waals surface area contributed by atoms with E-state index in [4.69, 9.17) is 27.9 Å². The monoisotopic (exact) mass is 316 g/mol. The number of ether oxygens (including phenoxy) is 1. The van der Waals surface area contributed by atoms with Crippen LogP contribution in [0.15, 0.2) is 6.07 Å². The van der Waals surface area contributed by atoms with Gasteiger partial charge in [-0.3, -0.25) is 9.59 Å². The van der Waals surface area contributed by atoms with E-state index in [1.807, 2.05) is 6.92 Å². The summed E-state index contributed by atoms with van der Waals surface area (Å²) in [7, 11) is 0. The molecule has 0 aromatic carbocycles. The van der Waals surface area contributed by atoms with Crippen LogP contribution >= 0.6 is 23.2 Å². The van der Waals surface area contributed by atoms with Crippen LogP contribution in [-0.4, -0.2) is 23.5 Å². The highest BCUT2D eigenvalue weighted by molar-refractivity contribution is 6.36. The quantitative estimate of drug-likeness (QED) is 0.867. The fraction of sp³-hybridized carbons (Fsp3) is 0.462. The number of anilines is 1. The summed E-state index contributed by atoms with van der Waals surface area (Å²) in [5.74, 6) is -0.334. The normalized spacial score (nSPS) is 20.4. The van der Waals surface area contributed by atoms with E-state index in [0.29, 0.717) is 16.6 Å². The van der Waals surface area contributed by atoms with Crippen LogP contribution in [0.5, 0.6) is 0 Å². The summed E-state index contributed by atoms with van der Waals surface area (Å²) in [5, 5.41) is 3.14. The van der Waals surface area contributed by atoms with Crippen LogP contribution in [0.3, 0.4) is 0 Å². The maximum Gasteiger partial charge on any atom is 0.309 e. The van der Waals surface area contributed by atoms with Gasteiger partial charge in [0.1, 0.15) is 0 Å². The zero-order chi connectivity index (χ0) is 14.9. The van der Waals surface area contributed by atoms with Crippen molar-refractivity contribution in [3.8, 4) is 0 Å². The fourth-order valence-electron chi connectivity index (χ4n) is 1.71. The van der Waals surface area contributed by atoms with Gasteiger partial charge in [-0.1, -0.05) is 30.1 Å². The summed E-state index contributed by atoms with van der Waals surface area (Å²) in [5.41, 5.74) is 0.551. The number of esters is 1. The van der Waals surface area contributed by atoms with E-state index in [1.165, 1.54) is 6.07 Å². The number of amides is 1. The number of aryl methyl sites for hydroxylation is 1. The fourth-order valence-corrected chi connectivity index (χ4v) is 2.11. The summed E-state index contributed by atoms with van der Waals surface area (Å²) >= 11 is 11.8. The van der Waals surface area contributed by atoms with Crippen molar-refractivity contribution in [3.63, 3.8) is 0 Å². The molecule has 1 fully saturated rings. The molecule has 1 aromatic heterocycles. The predicted molar refractivity (Wildman–Crippen MR) is 75.9 cm³/mol. The van der Waals surface area contributed by atoms with Gasteiger partial charge in [0.15, 0.2) is 12.4 Å². The molecular formula is C13H14Cl2N2O3. The molecule has 2 atom stereocenters. The number of nitrogens with zero attached hydrogens (tertiary/aromatic N) is 1. The van der Waals surface area contributed by atoms with E-state index in [0.717, 1.165) is 6.42 Å². The van der Waals surface area contributed by atoms with Gasteiger partial charge < -0.3 is 10.1 Å². The van der Waals surface area contributed by atoms with Crippen LogP contribution in [-0.2, 0) is 14.3 Å². The third-order valence-electron chi connectivity index (χ3n) is 3.12. The molecule has 1 N–H and O–H groups in total. The molecule has 1 saturated carbocycles. The molecule has 0 spiro atoms. The standard InChI is InChI=1S/C13H14Cl2N2O3/c1-6-3-8(6)13(19)20-5-11(18)17-12-10(15)4-9(14)7(2)16-12/h4,6,8H,3,5H2,1-2H3,(H,16,17,18)/t6-,8-/m0/s1. The lowest BCUT2D eigenvalue weighted by Gasteiger charge is -2.08. The van der Waals surface area contributed by atoms with E-state index >= 15 is 0 Å². The van der Waals surface area contributed by atoms with Gasteiger partial charge >= 0.3 is 5.97 Å². The Morgan fingerprint density at radius 2 is 2.10 bits per heavy atom. The van der Waals surface area contributed by atoms with Crippen molar-refractivity contribution in [1.29, 1.82) is 0 Å². The molecule has 1 aromatic rings. The zero-order valence-corrected chi connectivity index (χ0v) is 12.6. The molecule has 0 saturated heterocycles. The smallest absolute Gasteiger partial charge is 0.309 e. The molecule has 0 unspecified atom stereocenters. The first kappa shape index (κ1) is 15.1.